The molecule has 170 valence electrons. The molecular weight excluding hydrogens is 402 g/mol. The van der Waals surface area contributed by atoms with E-state index in [2.05, 4.69) is 45.7 Å². The molecule has 0 aliphatic carbocycles. The first-order valence-electron chi connectivity index (χ1n) is 11.5. The Morgan fingerprint density at radius 2 is 1.66 bits per heavy atom. The van der Waals surface area contributed by atoms with Crippen molar-refractivity contribution in [3.05, 3.63) is 60.2 Å². The molecule has 2 fully saturated rings. The van der Waals surface area contributed by atoms with Gasteiger partial charge in [0.05, 0.1) is 5.92 Å². The van der Waals surface area contributed by atoms with Crippen LogP contribution in [0.1, 0.15) is 18.4 Å². The third-order valence-electron chi connectivity index (χ3n) is 6.39. The number of benzene rings is 2. The van der Waals surface area contributed by atoms with Crippen LogP contribution in [0.25, 0.3) is 0 Å². The second-order valence-electron chi connectivity index (χ2n) is 8.72. The molecule has 0 saturated carbocycles. The maximum atomic E-state index is 12.9. The van der Waals surface area contributed by atoms with Crippen LogP contribution in [0.4, 0.5) is 16.2 Å². The predicted molar refractivity (Wildman–Crippen MR) is 128 cm³/mol. The number of piperazine rings is 1. The molecule has 4 rings (SSSR count). The van der Waals surface area contributed by atoms with Crippen molar-refractivity contribution in [1.29, 1.82) is 0 Å². The molecule has 2 N–H and O–H groups in total. The molecule has 2 saturated heterocycles. The molecule has 2 aliphatic rings. The number of hydrogen-bond donors (Lipinski definition) is 2. The Morgan fingerprint density at radius 3 is 2.44 bits per heavy atom. The minimum Gasteiger partial charge on any atom is -0.369 e. The zero-order valence-electron chi connectivity index (χ0n) is 18.8. The van der Waals surface area contributed by atoms with E-state index in [0.717, 1.165) is 50.3 Å². The summed E-state index contributed by atoms with van der Waals surface area (Å²) < 4.78 is 0. The highest BCUT2D eigenvalue weighted by molar-refractivity contribution is 5.90. The number of likely N-dealkylation sites (tertiary alicyclic amines) is 1. The fraction of sp³-hybridized carbons (Fsp3) is 0.440. The first-order valence-corrected chi connectivity index (χ1v) is 11.5. The third kappa shape index (κ3) is 5.59. The summed E-state index contributed by atoms with van der Waals surface area (Å²) in [6.45, 7) is 5.71. The van der Waals surface area contributed by atoms with Crippen LogP contribution in [0.2, 0.25) is 0 Å². The number of hydrogen-bond acceptors (Lipinski definition) is 4. The lowest BCUT2D eigenvalue weighted by molar-refractivity contribution is -0.126. The van der Waals surface area contributed by atoms with E-state index in [1.807, 2.05) is 36.4 Å². The van der Waals surface area contributed by atoms with E-state index in [1.54, 1.807) is 4.90 Å². The number of para-hydroxylation sites is 2. The number of carbonyl (C=O) groups excluding carboxylic acids is 2. The summed E-state index contributed by atoms with van der Waals surface area (Å²) in [5, 5.41) is 6.05. The molecule has 2 aromatic carbocycles. The van der Waals surface area contributed by atoms with Gasteiger partial charge in [-0.2, -0.15) is 0 Å². The van der Waals surface area contributed by atoms with E-state index in [0.29, 0.717) is 19.6 Å². The topological polar surface area (TPSA) is 67.9 Å². The Bertz CT molecular complexity index is 912. The SMILES string of the molecule is CN1CCN(c2ccccc2CNC(=O)C2CCCN(C(=O)Nc3ccccc3)C2)CC1. The van der Waals surface area contributed by atoms with Crippen molar-refractivity contribution in [2.24, 2.45) is 5.92 Å². The van der Waals surface area contributed by atoms with Gasteiger partial charge in [0.15, 0.2) is 0 Å². The number of nitrogens with zero attached hydrogens (tertiary/aromatic N) is 3. The summed E-state index contributed by atoms with van der Waals surface area (Å²) in [4.78, 5) is 32.1. The quantitative estimate of drug-likeness (QED) is 0.758. The predicted octanol–water partition coefficient (Wildman–Crippen LogP) is 3.00. The van der Waals surface area contributed by atoms with E-state index >= 15 is 0 Å². The Hall–Kier alpha value is -3.06. The molecule has 1 atom stereocenters. The fourth-order valence-electron chi connectivity index (χ4n) is 4.44. The maximum absolute atomic E-state index is 12.9. The number of amides is 3. The number of carbonyl (C=O) groups is 2. The molecule has 0 spiro atoms. The highest BCUT2D eigenvalue weighted by atomic mass is 16.2. The second kappa shape index (κ2) is 10.5. The number of urea groups is 1. The Balaban J connectivity index is 1.32. The van der Waals surface area contributed by atoms with Gasteiger partial charge in [-0.1, -0.05) is 36.4 Å². The maximum Gasteiger partial charge on any atom is 0.321 e. The first kappa shape index (κ1) is 22.1. The van der Waals surface area contributed by atoms with Crippen LogP contribution in [0.5, 0.6) is 0 Å². The van der Waals surface area contributed by atoms with Gasteiger partial charge in [0, 0.05) is 57.2 Å². The standard InChI is InChI=1S/C25H33N5O2/c1-28-14-16-29(17-15-28)23-12-6-5-8-20(23)18-26-24(31)21-9-7-13-30(19-21)25(32)27-22-10-3-2-4-11-22/h2-6,8,10-12,21H,7,9,13-19H2,1H3,(H,26,31)(H,27,32). The molecule has 0 radical (unpaired) electrons. The van der Waals surface area contributed by atoms with Crippen molar-refractivity contribution >= 4 is 23.3 Å². The molecule has 2 heterocycles. The van der Waals surface area contributed by atoms with E-state index < -0.39 is 0 Å². The van der Waals surface area contributed by atoms with Crippen molar-refractivity contribution in [2.45, 2.75) is 19.4 Å². The molecular formula is C25H33N5O2. The van der Waals surface area contributed by atoms with Gasteiger partial charge in [-0.15, -0.1) is 0 Å². The normalized spacial score (nSPS) is 19.5. The van der Waals surface area contributed by atoms with Gasteiger partial charge >= 0.3 is 6.03 Å². The monoisotopic (exact) mass is 435 g/mol. The van der Waals surface area contributed by atoms with Crippen LogP contribution in [-0.4, -0.2) is 68.1 Å². The summed E-state index contributed by atoms with van der Waals surface area (Å²) in [5.74, 6) is -0.156. The minimum atomic E-state index is -0.180. The lowest BCUT2D eigenvalue weighted by Crippen LogP contribution is -2.47. The number of nitrogens with one attached hydrogen (secondary N) is 2. The van der Waals surface area contributed by atoms with Gasteiger partial charge in [-0.3, -0.25) is 4.79 Å². The molecule has 7 nitrogen and oxygen atoms in total. The van der Waals surface area contributed by atoms with Crippen LogP contribution in [0.3, 0.4) is 0 Å². The minimum absolute atomic E-state index is 0.0235. The smallest absolute Gasteiger partial charge is 0.321 e. The summed E-state index contributed by atoms with van der Waals surface area (Å²) >= 11 is 0. The molecule has 0 aromatic heterocycles. The molecule has 1 unspecified atom stereocenters. The first-order chi connectivity index (χ1) is 15.6. The summed E-state index contributed by atoms with van der Waals surface area (Å²) in [6, 6.07) is 17.6. The van der Waals surface area contributed by atoms with Gasteiger partial charge in [0.25, 0.3) is 0 Å². The van der Waals surface area contributed by atoms with E-state index in [9.17, 15) is 9.59 Å². The van der Waals surface area contributed by atoms with Crippen LogP contribution in [-0.2, 0) is 11.3 Å². The molecule has 3 amide bonds. The summed E-state index contributed by atoms with van der Waals surface area (Å²) in [7, 11) is 2.15. The number of likely N-dealkylation sites (N-methyl/N-ethyl adjacent to an activating group) is 1. The Morgan fingerprint density at radius 1 is 0.938 bits per heavy atom. The average molecular weight is 436 g/mol. The highest BCUT2D eigenvalue weighted by Crippen LogP contribution is 2.23. The molecule has 2 aliphatic heterocycles. The Kier molecular flexibility index (Phi) is 7.27. The molecule has 7 heteroatoms. The second-order valence-corrected chi connectivity index (χ2v) is 8.72. The fourth-order valence-corrected chi connectivity index (χ4v) is 4.44. The van der Waals surface area contributed by atoms with Gasteiger partial charge in [-0.05, 0) is 43.7 Å². The van der Waals surface area contributed by atoms with Crippen LogP contribution >= 0.6 is 0 Å². The van der Waals surface area contributed by atoms with Gasteiger partial charge in [0.2, 0.25) is 5.91 Å². The average Bonchev–Trinajstić information content (AvgIpc) is 2.84. The van der Waals surface area contributed by atoms with Crippen molar-refractivity contribution < 1.29 is 9.59 Å². The van der Waals surface area contributed by atoms with Crippen LogP contribution < -0.4 is 15.5 Å². The van der Waals surface area contributed by atoms with Crippen LogP contribution in [0.15, 0.2) is 54.6 Å². The molecule has 0 bridgehead atoms. The zero-order valence-corrected chi connectivity index (χ0v) is 18.8. The van der Waals surface area contributed by atoms with Crippen molar-refractivity contribution in [2.75, 3.05) is 56.5 Å². The van der Waals surface area contributed by atoms with Gasteiger partial charge in [0.1, 0.15) is 0 Å². The highest BCUT2D eigenvalue weighted by Gasteiger charge is 2.28. The van der Waals surface area contributed by atoms with Crippen molar-refractivity contribution in [1.82, 2.24) is 15.1 Å². The largest absolute Gasteiger partial charge is 0.369 e. The summed E-state index contributed by atoms with van der Waals surface area (Å²) in [6.07, 6.45) is 1.64. The summed E-state index contributed by atoms with van der Waals surface area (Å²) in [5.41, 5.74) is 3.11. The number of rotatable bonds is 5. The number of piperidine rings is 1. The van der Waals surface area contributed by atoms with Crippen molar-refractivity contribution in [3.63, 3.8) is 0 Å². The molecule has 2 aromatic rings. The lowest BCUT2D eigenvalue weighted by Gasteiger charge is -2.35. The van der Waals surface area contributed by atoms with Crippen LogP contribution in [0, 0.1) is 5.92 Å². The zero-order chi connectivity index (χ0) is 22.3. The number of anilines is 2. The van der Waals surface area contributed by atoms with E-state index in [1.165, 1.54) is 5.69 Å². The van der Waals surface area contributed by atoms with E-state index in [4.69, 9.17) is 0 Å². The Labute approximate surface area is 190 Å². The van der Waals surface area contributed by atoms with Crippen molar-refractivity contribution in [3.8, 4) is 0 Å². The van der Waals surface area contributed by atoms with E-state index in [-0.39, 0.29) is 17.9 Å². The lowest BCUT2D eigenvalue weighted by atomic mass is 9.97. The van der Waals surface area contributed by atoms with Gasteiger partial charge in [-0.25, -0.2) is 4.79 Å². The molecule has 32 heavy (non-hydrogen) atoms. The third-order valence-corrected chi connectivity index (χ3v) is 6.39. The van der Waals surface area contributed by atoms with Gasteiger partial charge < -0.3 is 25.3 Å².